The van der Waals surface area contributed by atoms with E-state index in [0.29, 0.717) is 22.8 Å². The predicted octanol–water partition coefficient (Wildman–Crippen LogP) is 3.86. The number of nitrogens with zero attached hydrogens (tertiary/aromatic N) is 5. The second-order valence-electron chi connectivity index (χ2n) is 5.02. The first-order valence-electron chi connectivity index (χ1n) is 7.06. The van der Waals surface area contributed by atoms with E-state index in [0.717, 1.165) is 10.2 Å². The number of rotatable bonds is 3. The Morgan fingerprint density at radius 1 is 1.08 bits per heavy atom. The largest absolute Gasteiger partial charge is 0.324 e. The summed E-state index contributed by atoms with van der Waals surface area (Å²) in [5.41, 5.74) is 2.41. The number of anilines is 2. The molecule has 0 spiro atoms. The quantitative estimate of drug-likeness (QED) is 0.580. The molecule has 118 valence electrons. The molecule has 2 heterocycles. The number of fused-ring (bicyclic) bond motifs is 1. The maximum atomic E-state index is 13.5. The van der Waals surface area contributed by atoms with Crippen LogP contribution < -0.4 is 5.32 Å². The van der Waals surface area contributed by atoms with E-state index in [1.165, 1.54) is 16.8 Å². The highest BCUT2D eigenvalue weighted by molar-refractivity contribution is 9.10. The van der Waals surface area contributed by atoms with Gasteiger partial charge < -0.3 is 5.32 Å². The minimum Gasteiger partial charge on any atom is -0.324 e. The average molecular weight is 385 g/mol. The van der Waals surface area contributed by atoms with Gasteiger partial charge in [-0.05, 0) is 36.4 Å². The molecule has 8 heteroatoms. The molecule has 24 heavy (non-hydrogen) atoms. The Morgan fingerprint density at radius 3 is 2.79 bits per heavy atom. The Morgan fingerprint density at radius 2 is 1.96 bits per heavy atom. The zero-order chi connectivity index (χ0) is 16.5. The van der Waals surface area contributed by atoms with Crippen LogP contribution in [0.1, 0.15) is 0 Å². The zero-order valence-corrected chi connectivity index (χ0v) is 13.8. The van der Waals surface area contributed by atoms with Gasteiger partial charge >= 0.3 is 0 Å². The van der Waals surface area contributed by atoms with Gasteiger partial charge in [0.15, 0.2) is 11.2 Å². The first kappa shape index (κ1) is 14.7. The molecule has 0 aliphatic heterocycles. The summed E-state index contributed by atoms with van der Waals surface area (Å²) < 4.78 is 15.9. The molecule has 2 aromatic heterocycles. The number of aromatic nitrogens is 5. The molecule has 0 aliphatic carbocycles. The molecular weight excluding hydrogens is 375 g/mol. The van der Waals surface area contributed by atoms with E-state index in [-0.39, 0.29) is 5.82 Å². The lowest BCUT2D eigenvalue weighted by Gasteiger charge is -2.06. The van der Waals surface area contributed by atoms with Gasteiger partial charge in [0.25, 0.3) is 0 Å². The van der Waals surface area contributed by atoms with Crippen LogP contribution in [0.5, 0.6) is 0 Å². The Labute approximate surface area is 144 Å². The Kier molecular flexibility index (Phi) is 3.66. The number of nitrogens with one attached hydrogen (secondary N) is 1. The molecule has 0 amide bonds. The lowest BCUT2D eigenvalue weighted by molar-refractivity contribution is 0.625. The molecule has 1 N–H and O–H groups in total. The van der Waals surface area contributed by atoms with Crippen molar-refractivity contribution in [2.45, 2.75) is 0 Å². The lowest BCUT2D eigenvalue weighted by Crippen LogP contribution is -2.01. The molecule has 0 bridgehead atoms. The van der Waals surface area contributed by atoms with Crippen LogP contribution in [0.25, 0.3) is 16.9 Å². The van der Waals surface area contributed by atoms with E-state index in [9.17, 15) is 4.39 Å². The minimum atomic E-state index is -0.349. The maximum Gasteiger partial charge on any atom is 0.229 e. The van der Waals surface area contributed by atoms with Gasteiger partial charge in [0.05, 0.1) is 11.9 Å². The van der Waals surface area contributed by atoms with Crippen molar-refractivity contribution >= 4 is 38.7 Å². The van der Waals surface area contributed by atoms with Crippen LogP contribution in [0.4, 0.5) is 16.0 Å². The van der Waals surface area contributed by atoms with Crippen molar-refractivity contribution in [1.82, 2.24) is 25.0 Å². The zero-order valence-electron chi connectivity index (χ0n) is 12.2. The molecule has 0 saturated heterocycles. The van der Waals surface area contributed by atoms with Crippen molar-refractivity contribution in [3.8, 4) is 5.69 Å². The molecule has 0 aliphatic rings. The van der Waals surface area contributed by atoms with E-state index >= 15 is 0 Å². The molecule has 4 aromatic rings. The smallest absolute Gasteiger partial charge is 0.229 e. The maximum absolute atomic E-state index is 13.5. The van der Waals surface area contributed by atoms with Crippen molar-refractivity contribution < 1.29 is 4.39 Å². The van der Waals surface area contributed by atoms with Gasteiger partial charge in [-0.2, -0.15) is 9.67 Å². The summed E-state index contributed by atoms with van der Waals surface area (Å²) in [4.78, 5) is 8.67. The second kappa shape index (κ2) is 5.97. The molecule has 0 radical (unpaired) electrons. The van der Waals surface area contributed by atoms with E-state index in [2.05, 4.69) is 41.5 Å². The summed E-state index contributed by atoms with van der Waals surface area (Å²) in [5, 5.41) is 11.2. The van der Waals surface area contributed by atoms with E-state index in [1.54, 1.807) is 18.3 Å². The monoisotopic (exact) mass is 384 g/mol. The summed E-state index contributed by atoms with van der Waals surface area (Å²) in [5.74, 6) is 0.0539. The van der Waals surface area contributed by atoms with Crippen LogP contribution in [-0.4, -0.2) is 25.0 Å². The van der Waals surface area contributed by atoms with Crippen molar-refractivity contribution in [3.05, 3.63) is 65.0 Å². The first-order chi connectivity index (χ1) is 11.7. The number of hydrogen-bond donors (Lipinski definition) is 1. The Hall–Kier alpha value is -2.87. The molecule has 0 saturated carbocycles. The number of halogens is 2. The van der Waals surface area contributed by atoms with E-state index < -0.39 is 0 Å². The van der Waals surface area contributed by atoms with E-state index in [1.807, 2.05) is 24.3 Å². The topological polar surface area (TPSA) is 68.5 Å². The second-order valence-corrected chi connectivity index (χ2v) is 5.93. The standard InChI is InChI=1S/C16H10BrFN6/c17-10-3-1-5-12(7-10)20-16-19-9-14-15(21-16)24(23-22-14)13-6-2-4-11(18)8-13/h1-9H,(H,19,20,21). The van der Waals surface area contributed by atoms with Crippen LogP contribution in [-0.2, 0) is 0 Å². The third-order valence-corrected chi connectivity index (χ3v) is 3.82. The highest BCUT2D eigenvalue weighted by Gasteiger charge is 2.11. The predicted molar refractivity (Wildman–Crippen MR) is 91.8 cm³/mol. The highest BCUT2D eigenvalue weighted by atomic mass is 79.9. The summed E-state index contributed by atoms with van der Waals surface area (Å²) in [7, 11) is 0. The summed E-state index contributed by atoms with van der Waals surface area (Å²) >= 11 is 3.42. The van der Waals surface area contributed by atoms with Crippen molar-refractivity contribution in [3.63, 3.8) is 0 Å². The van der Waals surface area contributed by atoms with Gasteiger partial charge in [0.2, 0.25) is 5.95 Å². The number of hydrogen-bond acceptors (Lipinski definition) is 5. The Balaban J connectivity index is 1.76. The van der Waals surface area contributed by atoms with Gasteiger partial charge in [-0.15, -0.1) is 5.10 Å². The normalized spacial score (nSPS) is 10.9. The summed E-state index contributed by atoms with van der Waals surface area (Å²) in [6.45, 7) is 0. The van der Waals surface area contributed by atoms with Gasteiger partial charge in [-0.1, -0.05) is 33.3 Å². The average Bonchev–Trinajstić information content (AvgIpc) is 2.98. The fourth-order valence-electron chi connectivity index (χ4n) is 2.27. The van der Waals surface area contributed by atoms with E-state index in [4.69, 9.17) is 0 Å². The fourth-order valence-corrected chi connectivity index (χ4v) is 2.66. The molecule has 4 rings (SSSR count). The van der Waals surface area contributed by atoms with Gasteiger partial charge in [-0.3, -0.25) is 0 Å². The molecule has 6 nitrogen and oxygen atoms in total. The SMILES string of the molecule is Fc1cccc(-n2nnc3cnc(Nc4cccc(Br)c4)nc32)c1. The third kappa shape index (κ3) is 2.83. The van der Waals surface area contributed by atoms with Gasteiger partial charge in [-0.25, -0.2) is 9.37 Å². The molecule has 0 unspecified atom stereocenters. The highest BCUT2D eigenvalue weighted by Crippen LogP contribution is 2.20. The summed E-state index contributed by atoms with van der Waals surface area (Å²) in [6, 6.07) is 13.7. The van der Waals surface area contributed by atoms with Gasteiger partial charge in [0.1, 0.15) is 5.82 Å². The minimum absolute atomic E-state index is 0.349. The van der Waals surface area contributed by atoms with Crippen LogP contribution in [0.15, 0.2) is 59.2 Å². The third-order valence-electron chi connectivity index (χ3n) is 3.33. The van der Waals surface area contributed by atoms with Gasteiger partial charge in [0, 0.05) is 10.2 Å². The van der Waals surface area contributed by atoms with Crippen LogP contribution in [0.2, 0.25) is 0 Å². The van der Waals surface area contributed by atoms with Crippen molar-refractivity contribution in [1.29, 1.82) is 0 Å². The van der Waals surface area contributed by atoms with Crippen LogP contribution in [0.3, 0.4) is 0 Å². The number of benzene rings is 2. The van der Waals surface area contributed by atoms with Crippen LogP contribution >= 0.6 is 15.9 Å². The fraction of sp³-hybridized carbons (Fsp3) is 0. The molecule has 2 aromatic carbocycles. The first-order valence-corrected chi connectivity index (χ1v) is 7.85. The van der Waals surface area contributed by atoms with Crippen molar-refractivity contribution in [2.75, 3.05) is 5.32 Å². The lowest BCUT2D eigenvalue weighted by atomic mass is 10.3. The van der Waals surface area contributed by atoms with Crippen LogP contribution in [0, 0.1) is 5.82 Å². The summed E-state index contributed by atoms with van der Waals surface area (Å²) in [6.07, 6.45) is 1.57. The Bertz CT molecular complexity index is 1030. The molecule has 0 atom stereocenters. The molecular formula is C16H10BrFN6. The molecule has 0 fully saturated rings. The van der Waals surface area contributed by atoms with Crippen molar-refractivity contribution in [2.24, 2.45) is 0 Å².